The molecule has 4 unspecified atom stereocenters. The van der Waals surface area contributed by atoms with Crippen LogP contribution < -0.4 is 0 Å². The van der Waals surface area contributed by atoms with Crippen molar-refractivity contribution in [1.82, 2.24) is 0 Å². The molecule has 0 aliphatic heterocycles. The Morgan fingerprint density at radius 1 is 0.636 bits per heavy atom. The van der Waals surface area contributed by atoms with E-state index in [1.807, 2.05) is 27.9 Å². The van der Waals surface area contributed by atoms with E-state index in [4.69, 9.17) is 28.4 Å². The van der Waals surface area contributed by atoms with Gasteiger partial charge in [-0.1, -0.05) is 55.4 Å². The Labute approximate surface area is 334 Å². The number of hydrogen-bond acceptors (Lipinski definition) is 9. The lowest BCUT2D eigenvalue weighted by molar-refractivity contribution is -0.222. The van der Waals surface area contributed by atoms with Gasteiger partial charge in [-0.05, 0) is 113 Å². The molecular weight excluding hydrogens is 696 g/mol. The molecule has 4 bridgehead atoms. The highest BCUT2D eigenvalue weighted by Gasteiger charge is 2.69. The summed E-state index contributed by atoms with van der Waals surface area (Å²) in [6, 6.07) is 0. The zero-order valence-corrected chi connectivity index (χ0v) is 37.1. The number of methoxy groups -OCH3 is 3. The van der Waals surface area contributed by atoms with Crippen LogP contribution in [-0.2, 0) is 38.0 Å². The van der Waals surface area contributed by atoms with E-state index in [-0.39, 0.29) is 70.3 Å². The summed E-state index contributed by atoms with van der Waals surface area (Å²) in [6.45, 7) is 24.0. The lowest BCUT2D eigenvalue weighted by Gasteiger charge is -2.62. The molecule has 9 nitrogen and oxygen atoms in total. The lowest BCUT2D eigenvalue weighted by Crippen LogP contribution is -2.63. The van der Waals surface area contributed by atoms with E-state index in [9.17, 15) is 14.7 Å². The van der Waals surface area contributed by atoms with E-state index >= 15 is 0 Å². The highest BCUT2D eigenvalue weighted by molar-refractivity contribution is 5.88. The van der Waals surface area contributed by atoms with Crippen LogP contribution in [0.2, 0.25) is 0 Å². The molecule has 55 heavy (non-hydrogen) atoms. The summed E-state index contributed by atoms with van der Waals surface area (Å²) in [4.78, 5) is 27.6. The molecule has 6 rings (SSSR count). The Morgan fingerprint density at radius 3 is 1.49 bits per heavy atom. The van der Waals surface area contributed by atoms with Gasteiger partial charge in [-0.2, -0.15) is 0 Å². The third-order valence-corrected chi connectivity index (χ3v) is 18.0. The van der Waals surface area contributed by atoms with Gasteiger partial charge in [-0.15, -0.1) is 0 Å². The first-order valence-electron chi connectivity index (χ1n) is 22.0. The summed E-state index contributed by atoms with van der Waals surface area (Å²) in [5, 5.41) is 11.5. The van der Waals surface area contributed by atoms with Crippen LogP contribution in [0, 0.1) is 68.0 Å². The Hall–Kier alpha value is -0.940. The molecule has 318 valence electrons. The largest absolute Gasteiger partial charge is 0.393 e. The number of carbonyl (C=O) groups is 2. The number of Topliss-reactive ketones (excluding diaryl/α,β-unsaturated/α-hetero) is 2. The van der Waals surface area contributed by atoms with Crippen molar-refractivity contribution in [2.45, 2.75) is 158 Å². The zero-order chi connectivity index (χ0) is 40.8. The van der Waals surface area contributed by atoms with Gasteiger partial charge < -0.3 is 33.5 Å². The van der Waals surface area contributed by atoms with Crippen LogP contribution in [0.5, 0.6) is 0 Å². The molecule has 0 aromatic rings. The third kappa shape index (κ3) is 7.15. The van der Waals surface area contributed by atoms with E-state index in [0.29, 0.717) is 62.8 Å². The fourth-order valence-electron chi connectivity index (χ4n) is 14.3. The van der Waals surface area contributed by atoms with Gasteiger partial charge in [0.1, 0.15) is 18.4 Å². The van der Waals surface area contributed by atoms with Gasteiger partial charge in [0.05, 0.1) is 48.5 Å². The minimum atomic E-state index is -0.615. The molecule has 1 N–H and O–H groups in total. The van der Waals surface area contributed by atoms with Crippen molar-refractivity contribution in [3.63, 3.8) is 0 Å². The summed E-state index contributed by atoms with van der Waals surface area (Å²) < 4.78 is 35.3. The van der Waals surface area contributed by atoms with E-state index in [0.717, 1.165) is 51.4 Å². The van der Waals surface area contributed by atoms with Crippen molar-refractivity contribution >= 4 is 11.6 Å². The SMILES string of the molecule is CCOC[C@]1(C)C[C@@H](O)[C@@]2(C)C3[C@H](OC)CCC3(CC[C@H]2C)[C@@H](C)C1=O.CCOC[C@]1(C)C[C@@H](OCOC)[C@@]2(C)C3[C@H](OC)CCC3(CC[C@H]2C)[C@@H](C)C1=O. The van der Waals surface area contributed by atoms with Crippen LogP contribution in [0.4, 0.5) is 0 Å². The van der Waals surface area contributed by atoms with Gasteiger partial charge in [0.25, 0.3) is 0 Å². The Morgan fingerprint density at radius 2 is 1.05 bits per heavy atom. The van der Waals surface area contributed by atoms with Crippen LogP contribution in [-0.4, -0.2) is 95.6 Å². The Kier molecular flexibility index (Phi) is 13.9. The second-order valence-corrected chi connectivity index (χ2v) is 20.2. The minimum Gasteiger partial charge on any atom is -0.393 e. The molecule has 0 heterocycles. The molecule has 6 aliphatic carbocycles. The van der Waals surface area contributed by atoms with Crippen LogP contribution in [0.1, 0.15) is 133 Å². The van der Waals surface area contributed by atoms with Crippen LogP contribution in [0.15, 0.2) is 0 Å². The quantitative estimate of drug-likeness (QED) is 0.207. The first-order chi connectivity index (χ1) is 25.9. The number of rotatable bonds is 11. The Balaban J connectivity index is 0.000000212. The van der Waals surface area contributed by atoms with Crippen molar-refractivity contribution < 1.29 is 43.1 Å². The second-order valence-electron chi connectivity index (χ2n) is 20.2. The molecule has 0 aromatic carbocycles. The number of carbonyl (C=O) groups excluding carboxylic acids is 2. The summed E-state index contributed by atoms with van der Waals surface area (Å²) in [5.74, 6) is 2.10. The van der Waals surface area contributed by atoms with Gasteiger partial charge >= 0.3 is 0 Å². The van der Waals surface area contributed by atoms with Crippen LogP contribution in [0.3, 0.4) is 0 Å². The predicted molar refractivity (Wildman–Crippen MR) is 214 cm³/mol. The maximum Gasteiger partial charge on any atom is 0.146 e. The van der Waals surface area contributed by atoms with Crippen molar-refractivity contribution in [3.8, 4) is 0 Å². The summed E-state index contributed by atoms with van der Waals surface area (Å²) in [5.41, 5.74) is -1.52. The molecule has 0 spiro atoms. The summed E-state index contributed by atoms with van der Waals surface area (Å²) in [6.07, 6.45) is 9.40. The number of ketones is 2. The normalized spacial score (nSPS) is 49.5. The molecule has 6 saturated carbocycles. The van der Waals surface area contributed by atoms with E-state index in [1.54, 1.807) is 14.2 Å². The van der Waals surface area contributed by atoms with Gasteiger partial charge in [-0.25, -0.2) is 0 Å². The maximum absolute atomic E-state index is 14.0. The van der Waals surface area contributed by atoms with Gasteiger partial charge in [0, 0.05) is 57.2 Å². The van der Waals surface area contributed by atoms with E-state index < -0.39 is 16.9 Å². The highest BCUT2D eigenvalue weighted by atomic mass is 16.7. The smallest absolute Gasteiger partial charge is 0.146 e. The molecule has 0 saturated heterocycles. The molecule has 16 atom stereocenters. The van der Waals surface area contributed by atoms with Crippen molar-refractivity contribution in [3.05, 3.63) is 0 Å². The molecule has 6 fully saturated rings. The fourth-order valence-corrected chi connectivity index (χ4v) is 14.3. The monoisotopic (exact) mass is 777 g/mol. The molecule has 0 aromatic heterocycles. The third-order valence-electron chi connectivity index (χ3n) is 18.0. The standard InChI is InChI=1S/C24H42O5.C22H38O4/c1-8-28-14-22(4)13-19(29-15-26-6)23(5)16(2)9-11-24(17(3)21(22)25)12-10-18(27-7)20(23)24;1-7-26-13-20(4)12-17(23)21(5)14(2)8-10-22(15(3)19(20)24)11-9-16(25-6)18(21)22/h16-20H,8-15H2,1-7H3;14-18,23H,7-13H2,1-6H3/t16-,17+,18-,19-,20?,22+,23+,24?;14-,15+,16-,17-,18?,20+,21+,22?/m11/s1. The van der Waals surface area contributed by atoms with Crippen molar-refractivity contribution in [2.24, 2.45) is 68.0 Å². The Bertz CT molecular complexity index is 1340. The molecule has 0 amide bonds. The number of aliphatic hydroxyl groups excluding tert-OH is 1. The van der Waals surface area contributed by atoms with Crippen LogP contribution in [0.25, 0.3) is 0 Å². The number of hydrogen-bond donors (Lipinski definition) is 1. The van der Waals surface area contributed by atoms with Gasteiger partial charge in [0.15, 0.2) is 0 Å². The number of aliphatic hydroxyl groups is 1. The minimum absolute atomic E-state index is 0.00769. The predicted octanol–water partition coefficient (Wildman–Crippen LogP) is 8.32. The zero-order valence-electron chi connectivity index (χ0n) is 37.1. The lowest BCUT2D eigenvalue weighted by atomic mass is 9.44. The molecular formula is C46H80O9. The van der Waals surface area contributed by atoms with E-state index in [2.05, 4.69) is 48.5 Å². The van der Waals surface area contributed by atoms with Crippen molar-refractivity contribution in [1.29, 1.82) is 0 Å². The second kappa shape index (κ2) is 17.0. The molecule has 9 heteroatoms. The summed E-state index contributed by atoms with van der Waals surface area (Å²) in [7, 11) is 5.30. The number of ether oxygens (including phenoxy) is 6. The van der Waals surface area contributed by atoms with E-state index in [1.165, 1.54) is 0 Å². The van der Waals surface area contributed by atoms with Gasteiger partial charge in [0.2, 0.25) is 0 Å². The molecule has 6 aliphatic rings. The topological polar surface area (TPSA) is 110 Å². The maximum atomic E-state index is 14.0. The fraction of sp³-hybridized carbons (Fsp3) is 0.957. The highest BCUT2D eigenvalue weighted by Crippen LogP contribution is 2.70. The molecule has 0 radical (unpaired) electrons. The average Bonchev–Trinajstić information content (AvgIpc) is 3.77. The first-order valence-corrected chi connectivity index (χ1v) is 22.0. The average molecular weight is 777 g/mol. The van der Waals surface area contributed by atoms with Crippen molar-refractivity contribution in [2.75, 3.05) is 54.5 Å². The summed E-state index contributed by atoms with van der Waals surface area (Å²) >= 11 is 0. The van der Waals surface area contributed by atoms with Crippen LogP contribution >= 0.6 is 0 Å². The van der Waals surface area contributed by atoms with Gasteiger partial charge in [-0.3, -0.25) is 9.59 Å². The first kappa shape index (κ1) is 45.1.